The third-order valence-electron chi connectivity index (χ3n) is 4.52. The predicted octanol–water partition coefficient (Wildman–Crippen LogP) is 4.60. The van der Waals surface area contributed by atoms with Crippen molar-refractivity contribution in [2.24, 2.45) is 5.10 Å². The number of carbonyl (C=O) groups is 1. The highest BCUT2D eigenvalue weighted by Crippen LogP contribution is 2.25. The molecule has 158 valence electrons. The van der Waals surface area contributed by atoms with E-state index in [1.54, 1.807) is 35.1 Å². The number of carbonyl (C=O) groups excluding carboxylic acids is 1. The number of amides is 2. The van der Waals surface area contributed by atoms with E-state index < -0.39 is 11.0 Å². The average molecular weight is 426 g/mol. The minimum atomic E-state index is -0.486. The lowest BCUT2D eigenvalue weighted by molar-refractivity contribution is -0.384. The number of nitrogens with one attached hydrogen (secondary N) is 2. The van der Waals surface area contributed by atoms with Crippen LogP contribution in [0.25, 0.3) is 16.9 Å². The van der Waals surface area contributed by atoms with E-state index in [1.807, 2.05) is 48.5 Å². The molecule has 0 aliphatic carbocycles. The summed E-state index contributed by atoms with van der Waals surface area (Å²) in [6.45, 7) is 0. The molecule has 0 bridgehead atoms. The monoisotopic (exact) mass is 426 g/mol. The Kier molecular flexibility index (Phi) is 5.98. The van der Waals surface area contributed by atoms with Crippen molar-refractivity contribution in [1.29, 1.82) is 0 Å². The van der Waals surface area contributed by atoms with Crippen molar-refractivity contribution in [2.45, 2.75) is 0 Å². The summed E-state index contributed by atoms with van der Waals surface area (Å²) in [5, 5.41) is 22.3. The topological polar surface area (TPSA) is 114 Å². The number of nitrogens with zero attached hydrogens (tertiary/aromatic N) is 4. The van der Waals surface area contributed by atoms with Crippen LogP contribution in [0.3, 0.4) is 0 Å². The molecule has 0 unspecified atom stereocenters. The van der Waals surface area contributed by atoms with E-state index in [0.717, 1.165) is 5.69 Å². The standard InChI is InChI=1S/C23H18N6O3/c30-23(25-19-7-3-1-4-8-19)26-24-15-18-16-28(20-9-5-2-6-10-20)27-22(18)17-11-13-21(14-12-17)29(31)32/h1-16H,(H2,25,26,30)/b24-15-. The Morgan fingerprint density at radius 1 is 0.969 bits per heavy atom. The molecule has 0 radical (unpaired) electrons. The van der Waals surface area contributed by atoms with Crippen molar-refractivity contribution in [3.63, 3.8) is 0 Å². The zero-order valence-electron chi connectivity index (χ0n) is 16.8. The van der Waals surface area contributed by atoms with Gasteiger partial charge >= 0.3 is 6.03 Å². The molecule has 4 aromatic rings. The molecule has 0 spiro atoms. The van der Waals surface area contributed by atoms with Gasteiger partial charge in [0.2, 0.25) is 0 Å². The second kappa shape index (κ2) is 9.35. The van der Waals surface area contributed by atoms with Crippen LogP contribution in [0.1, 0.15) is 5.56 Å². The van der Waals surface area contributed by atoms with Gasteiger partial charge in [-0.1, -0.05) is 36.4 Å². The first kappa shape index (κ1) is 20.5. The van der Waals surface area contributed by atoms with Gasteiger partial charge < -0.3 is 5.32 Å². The van der Waals surface area contributed by atoms with Crippen LogP contribution in [0, 0.1) is 10.1 Å². The van der Waals surface area contributed by atoms with Crippen LogP contribution < -0.4 is 10.7 Å². The third-order valence-corrected chi connectivity index (χ3v) is 4.52. The Morgan fingerprint density at radius 2 is 1.62 bits per heavy atom. The van der Waals surface area contributed by atoms with Crippen LogP contribution in [0.4, 0.5) is 16.2 Å². The number of anilines is 1. The highest BCUT2D eigenvalue weighted by Gasteiger charge is 2.13. The number of urea groups is 1. The van der Waals surface area contributed by atoms with Gasteiger partial charge in [0.25, 0.3) is 5.69 Å². The maximum Gasteiger partial charge on any atom is 0.339 e. The number of para-hydroxylation sites is 2. The van der Waals surface area contributed by atoms with Gasteiger partial charge in [0.1, 0.15) is 5.69 Å². The molecule has 2 amide bonds. The smallest absolute Gasteiger partial charge is 0.307 e. The van der Waals surface area contributed by atoms with Gasteiger partial charge in [-0.05, 0) is 36.4 Å². The highest BCUT2D eigenvalue weighted by atomic mass is 16.6. The average Bonchev–Trinajstić information content (AvgIpc) is 3.24. The molecule has 4 rings (SSSR count). The molecule has 1 aromatic heterocycles. The van der Waals surface area contributed by atoms with Crippen molar-refractivity contribution >= 4 is 23.6 Å². The molecule has 2 N–H and O–H groups in total. The summed E-state index contributed by atoms with van der Waals surface area (Å²) < 4.78 is 1.68. The van der Waals surface area contributed by atoms with Crippen LogP contribution in [-0.2, 0) is 0 Å². The van der Waals surface area contributed by atoms with Gasteiger partial charge in [0.05, 0.1) is 16.8 Å². The summed E-state index contributed by atoms with van der Waals surface area (Å²) in [6, 6.07) is 24.1. The van der Waals surface area contributed by atoms with Crippen LogP contribution in [0.5, 0.6) is 0 Å². The molecule has 3 aromatic carbocycles. The molecule has 0 fully saturated rings. The van der Waals surface area contributed by atoms with Gasteiger partial charge in [-0.2, -0.15) is 10.2 Å². The molecule has 0 aliphatic rings. The van der Waals surface area contributed by atoms with Crippen molar-refractivity contribution < 1.29 is 9.72 Å². The number of nitro benzene ring substituents is 1. The number of benzene rings is 3. The lowest BCUT2D eigenvalue weighted by Crippen LogP contribution is -2.24. The van der Waals surface area contributed by atoms with E-state index in [4.69, 9.17) is 0 Å². The highest BCUT2D eigenvalue weighted by molar-refractivity contribution is 5.92. The van der Waals surface area contributed by atoms with Crippen LogP contribution in [0.2, 0.25) is 0 Å². The number of hydrogen-bond acceptors (Lipinski definition) is 5. The summed E-state index contributed by atoms with van der Waals surface area (Å²) in [6.07, 6.45) is 3.25. The Morgan fingerprint density at radius 3 is 2.28 bits per heavy atom. The van der Waals surface area contributed by atoms with Gasteiger partial charge in [-0.25, -0.2) is 14.9 Å². The van der Waals surface area contributed by atoms with Gasteiger partial charge in [-0.3, -0.25) is 10.1 Å². The Bertz CT molecular complexity index is 1250. The largest absolute Gasteiger partial charge is 0.339 e. The minimum Gasteiger partial charge on any atom is -0.307 e. The van der Waals surface area contributed by atoms with Crippen molar-refractivity contribution in [3.05, 3.63) is 107 Å². The first-order chi connectivity index (χ1) is 15.6. The second-order valence-electron chi connectivity index (χ2n) is 6.71. The van der Waals surface area contributed by atoms with Gasteiger partial charge in [0.15, 0.2) is 0 Å². The van der Waals surface area contributed by atoms with E-state index in [0.29, 0.717) is 22.5 Å². The Labute approximate surface area is 183 Å². The second-order valence-corrected chi connectivity index (χ2v) is 6.71. The molecular formula is C23H18N6O3. The SMILES string of the molecule is O=C(N/N=C\c1cn(-c2ccccc2)nc1-c1ccc([N+](=O)[O-])cc1)Nc1ccccc1. The molecule has 0 saturated carbocycles. The lowest BCUT2D eigenvalue weighted by atomic mass is 10.1. The fourth-order valence-corrected chi connectivity index (χ4v) is 3.00. The third kappa shape index (κ3) is 4.85. The molecule has 0 atom stereocenters. The Hall–Kier alpha value is -4.79. The number of aromatic nitrogens is 2. The maximum atomic E-state index is 12.1. The van der Waals surface area contributed by atoms with E-state index in [-0.39, 0.29) is 5.69 Å². The summed E-state index contributed by atoms with van der Waals surface area (Å²) in [5.74, 6) is 0. The molecule has 1 heterocycles. The minimum absolute atomic E-state index is 0.00860. The molecule has 0 aliphatic heterocycles. The summed E-state index contributed by atoms with van der Waals surface area (Å²) in [7, 11) is 0. The van der Waals surface area contributed by atoms with E-state index in [2.05, 4.69) is 20.9 Å². The number of hydrogen-bond donors (Lipinski definition) is 2. The quantitative estimate of drug-likeness (QED) is 0.266. The van der Waals surface area contributed by atoms with Gasteiger partial charge in [0, 0.05) is 35.1 Å². The maximum absolute atomic E-state index is 12.1. The van der Waals surface area contributed by atoms with Crippen molar-refractivity contribution in [1.82, 2.24) is 15.2 Å². The summed E-state index contributed by atoms with van der Waals surface area (Å²) in [5.41, 5.74) is 5.77. The zero-order chi connectivity index (χ0) is 22.3. The molecule has 32 heavy (non-hydrogen) atoms. The summed E-state index contributed by atoms with van der Waals surface area (Å²) >= 11 is 0. The van der Waals surface area contributed by atoms with Crippen LogP contribution >= 0.6 is 0 Å². The van der Waals surface area contributed by atoms with Crippen molar-refractivity contribution in [2.75, 3.05) is 5.32 Å². The molecule has 9 heteroatoms. The van der Waals surface area contributed by atoms with Crippen LogP contribution in [0.15, 0.2) is 96.2 Å². The molecule has 0 saturated heterocycles. The Balaban J connectivity index is 1.59. The number of nitro groups is 1. The summed E-state index contributed by atoms with van der Waals surface area (Å²) in [4.78, 5) is 22.6. The van der Waals surface area contributed by atoms with Crippen LogP contribution in [-0.4, -0.2) is 26.9 Å². The zero-order valence-corrected chi connectivity index (χ0v) is 16.8. The first-order valence-electron chi connectivity index (χ1n) is 9.65. The lowest BCUT2D eigenvalue weighted by Gasteiger charge is -2.03. The van der Waals surface area contributed by atoms with Gasteiger partial charge in [-0.15, -0.1) is 0 Å². The predicted molar refractivity (Wildman–Crippen MR) is 122 cm³/mol. The number of rotatable bonds is 6. The number of hydrazone groups is 1. The first-order valence-corrected chi connectivity index (χ1v) is 9.65. The fraction of sp³-hybridized carbons (Fsp3) is 0. The van der Waals surface area contributed by atoms with E-state index in [1.165, 1.54) is 18.3 Å². The molecule has 9 nitrogen and oxygen atoms in total. The fourth-order valence-electron chi connectivity index (χ4n) is 3.00. The molecular weight excluding hydrogens is 408 g/mol. The van der Waals surface area contributed by atoms with Crippen molar-refractivity contribution in [3.8, 4) is 16.9 Å². The van der Waals surface area contributed by atoms with E-state index in [9.17, 15) is 14.9 Å². The van der Waals surface area contributed by atoms with E-state index >= 15 is 0 Å². The normalized spacial score (nSPS) is 10.8. The number of non-ortho nitro benzene ring substituents is 1.